The van der Waals surface area contributed by atoms with E-state index in [0.29, 0.717) is 27.0 Å². The molecule has 0 aliphatic carbocycles. The number of benzene rings is 2. The van der Waals surface area contributed by atoms with Crippen LogP contribution in [0, 0.1) is 0 Å². The van der Waals surface area contributed by atoms with Gasteiger partial charge >= 0.3 is 0 Å². The number of amides is 1. The van der Waals surface area contributed by atoms with E-state index in [0.717, 1.165) is 10.9 Å². The van der Waals surface area contributed by atoms with Gasteiger partial charge in [-0.3, -0.25) is 9.59 Å². The molecule has 27 heavy (non-hydrogen) atoms. The Morgan fingerprint density at radius 2 is 1.81 bits per heavy atom. The number of para-hydroxylation sites is 1. The van der Waals surface area contributed by atoms with Crippen LogP contribution in [0.2, 0.25) is 0 Å². The van der Waals surface area contributed by atoms with Crippen molar-refractivity contribution in [2.45, 2.75) is 13.3 Å². The maximum atomic E-state index is 12.4. The minimum atomic E-state index is -0.266. The summed E-state index contributed by atoms with van der Waals surface area (Å²) in [6.45, 7) is 1.49. The van der Waals surface area contributed by atoms with Crippen LogP contribution in [-0.4, -0.2) is 21.8 Å². The third-order valence-electron chi connectivity index (χ3n) is 4.02. The van der Waals surface area contributed by atoms with Crippen molar-refractivity contribution in [3.8, 4) is 11.3 Å². The van der Waals surface area contributed by atoms with E-state index in [-0.39, 0.29) is 18.1 Å². The molecule has 4 aromatic rings. The summed E-state index contributed by atoms with van der Waals surface area (Å²) in [6, 6.07) is 16.8. The highest BCUT2D eigenvalue weighted by molar-refractivity contribution is 7.18. The zero-order chi connectivity index (χ0) is 18.8. The summed E-state index contributed by atoms with van der Waals surface area (Å²) in [4.78, 5) is 29.4. The van der Waals surface area contributed by atoms with Gasteiger partial charge in [-0.1, -0.05) is 59.0 Å². The minimum Gasteiger partial charge on any atom is -0.356 e. The molecule has 0 aliphatic heterocycles. The smallest absolute Gasteiger partial charge is 0.232 e. The monoisotopic (exact) mass is 377 g/mol. The number of aromatic nitrogens is 2. The normalized spacial score (nSPS) is 10.9. The summed E-state index contributed by atoms with van der Waals surface area (Å²) in [5.41, 5.74) is 2.62. The van der Waals surface area contributed by atoms with Crippen molar-refractivity contribution >= 4 is 39.1 Å². The summed E-state index contributed by atoms with van der Waals surface area (Å²) in [5.74, 6) is -0.355. The van der Waals surface area contributed by atoms with Crippen LogP contribution < -0.4 is 5.32 Å². The van der Waals surface area contributed by atoms with Crippen LogP contribution in [0.4, 0.5) is 5.13 Å². The van der Waals surface area contributed by atoms with E-state index < -0.39 is 0 Å². The zero-order valence-electron chi connectivity index (χ0n) is 14.4. The molecule has 4 rings (SSSR count). The number of carbonyl (C=O) groups excluding carboxylic acids is 2. The molecule has 1 N–H and O–H groups in total. The lowest BCUT2D eigenvalue weighted by molar-refractivity contribution is -0.115. The van der Waals surface area contributed by atoms with Crippen molar-refractivity contribution in [3.63, 3.8) is 0 Å². The second-order valence-electron chi connectivity index (χ2n) is 5.97. The van der Waals surface area contributed by atoms with Crippen LogP contribution >= 0.6 is 11.3 Å². The molecular formula is C20H15N3O3S. The van der Waals surface area contributed by atoms with Gasteiger partial charge in [-0.05, 0) is 12.1 Å². The third-order valence-corrected chi connectivity index (χ3v) is 5.09. The van der Waals surface area contributed by atoms with Gasteiger partial charge in [0.1, 0.15) is 5.69 Å². The molecule has 0 saturated carbocycles. The number of hydrogen-bond acceptors (Lipinski definition) is 6. The highest BCUT2D eigenvalue weighted by Gasteiger charge is 2.19. The minimum absolute atomic E-state index is 0.0622. The van der Waals surface area contributed by atoms with Gasteiger partial charge < -0.3 is 9.84 Å². The topological polar surface area (TPSA) is 85.1 Å². The Morgan fingerprint density at radius 3 is 2.59 bits per heavy atom. The number of carbonyl (C=O) groups is 2. The van der Waals surface area contributed by atoms with E-state index in [1.807, 2.05) is 48.5 Å². The average molecular weight is 377 g/mol. The van der Waals surface area contributed by atoms with Crippen molar-refractivity contribution in [2.24, 2.45) is 0 Å². The van der Waals surface area contributed by atoms with E-state index in [1.54, 1.807) is 6.07 Å². The highest BCUT2D eigenvalue weighted by atomic mass is 32.1. The number of fused-ring (bicyclic) bond motifs is 1. The average Bonchev–Trinajstić information content (AvgIpc) is 3.27. The molecule has 0 spiro atoms. The summed E-state index contributed by atoms with van der Waals surface area (Å²) in [5, 5.41) is 7.93. The van der Waals surface area contributed by atoms with Gasteiger partial charge in [-0.15, -0.1) is 0 Å². The number of thiazole rings is 1. The summed E-state index contributed by atoms with van der Waals surface area (Å²) < 4.78 is 5.22. The predicted molar refractivity (Wildman–Crippen MR) is 104 cm³/mol. The second kappa shape index (κ2) is 7.13. The van der Waals surface area contributed by atoms with E-state index in [9.17, 15) is 9.59 Å². The maximum Gasteiger partial charge on any atom is 0.232 e. The number of hydrogen-bond donors (Lipinski definition) is 1. The largest absolute Gasteiger partial charge is 0.356 e. The SMILES string of the molecule is CC(=O)c1sc(NC(=O)Cc2noc3ccccc23)nc1-c1ccccc1. The number of ketones is 1. The number of nitrogens with one attached hydrogen (secondary N) is 1. The molecule has 0 unspecified atom stereocenters. The van der Waals surface area contributed by atoms with Crippen LogP contribution in [0.15, 0.2) is 59.1 Å². The zero-order valence-corrected chi connectivity index (χ0v) is 15.2. The Hall–Kier alpha value is -3.32. The molecule has 0 saturated heterocycles. The Morgan fingerprint density at radius 1 is 1.07 bits per heavy atom. The molecule has 2 heterocycles. The van der Waals surface area contributed by atoms with Gasteiger partial charge in [0, 0.05) is 17.9 Å². The summed E-state index contributed by atoms with van der Waals surface area (Å²) >= 11 is 1.17. The molecule has 6 nitrogen and oxygen atoms in total. The summed E-state index contributed by atoms with van der Waals surface area (Å²) in [7, 11) is 0. The van der Waals surface area contributed by atoms with Crippen LogP contribution in [0.5, 0.6) is 0 Å². The predicted octanol–water partition coefficient (Wildman–Crippen LogP) is 4.34. The second-order valence-corrected chi connectivity index (χ2v) is 6.97. The first-order valence-electron chi connectivity index (χ1n) is 8.32. The van der Waals surface area contributed by atoms with Crippen molar-refractivity contribution in [2.75, 3.05) is 5.32 Å². The fraction of sp³-hybridized carbons (Fsp3) is 0.100. The van der Waals surface area contributed by atoms with Crippen LogP contribution in [0.3, 0.4) is 0 Å². The van der Waals surface area contributed by atoms with Crippen molar-refractivity contribution in [1.82, 2.24) is 10.1 Å². The molecule has 7 heteroatoms. The fourth-order valence-electron chi connectivity index (χ4n) is 2.79. The van der Waals surface area contributed by atoms with Crippen molar-refractivity contribution < 1.29 is 14.1 Å². The molecule has 134 valence electrons. The lowest BCUT2D eigenvalue weighted by atomic mass is 10.1. The van der Waals surface area contributed by atoms with Crippen molar-refractivity contribution in [3.05, 3.63) is 65.2 Å². The number of rotatable bonds is 5. The van der Waals surface area contributed by atoms with Gasteiger partial charge in [-0.2, -0.15) is 0 Å². The van der Waals surface area contributed by atoms with Gasteiger partial charge in [0.05, 0.1) is 17.0 Å². The van der Waals surface area contributed by atoms with Gasteiger partial charge in [-0.25, -0.2) is 4.98 Å². The third kappa shape index (κ3) is 3.50. The maximum absolute atomic E-state index is 12.4. The summed E-state index contributed by atoms with van der Waals surface area (Å²) in [6.07, 6.45) is 0.0622. The molecule has 0 atom stereocenters. The molecule has 2 aromatic carbocycles. The molecule has 0 radical (unpaired) electrons. The molecule has 0 bridgehead atoms. The molecule has 2 aromatic heterocycles. The number of nitrogens with zero attached hydrogens (tertiary/aromatic N) is 2. The van der Waals surface area contributed by atoms with Gasteiger partial charge in [0.2, 0.25) is 5.91 Å². The van der Waals surface area contributed by atoms with Gasteiger partial charge in [0.15, 0.2) is 16.5 Å². The van der Waals surface area contributed by atoms with E-state index in [1.165, 1.54) is 18.3 Å². The highest BCUT2D eigenvalue weighted by Crippen LogP contribution is 2.31. The Labute approximate surface area is 158 Å². The van der Waals surface area contributed by atoms with E-state index in [2.05, 4.69) is 15.5 Å². The lowest BCUT2D eigenvalue weighted by Gasteiger charge is -1.99. The molecule has 0 fully saturated rings. The first-order chi connectivity index (χ1) is 13.1. The quantitative estimate of drug-likeness (QED) is 0.523. The van der Waals surface area contributed by atoms with Gasteiger partial charge in [0.25, 0.3) is 0 Å². The lowest BCUT2D eigenvalue weighted by Crippen LogP contribution is -2.14. The Kier molecular flexibility index (Phi) is 4.52. The van der Waals surface area contributed by atoms with Crippen LogP contribution in [-0.2, 0) is 11.2 Å². The molecular weight excluding hydrogens is 362 g/mol. The van der Waals surface area contributed by atoms with Crippen molar-refractivity contribution in [1.29, 1.82) is 0 Å². The van der Waals surface area contributed by atoms with Crippen LogP contribution in [0.25, 0.3) is 22.2 Å². The van der Waals surface area contributed by atoms with Crippen LogP contribution in [0.1, 0.15) is 22.3 Å². The Bertz CT molecular complexity index is 1130. The first-order valence-corrected chi connectivity index (χ1v) is 9.14. The first kappa shape index (κ1) is 17.1. The standard InChI is InChI=1S/C20H15N3O3S/c1-12(24)19-18(13-7-3-2-4-8-13)22-20(27-19)21-17(25)11-15-14-9-5-6-10-16(14)26-23-15/h2-10H,11H2,1H3,(H,21,22,25). The molecule has 1 amide bonds. The Balaban J connectivity index is 1.57. The fourth-order valence-corrected chi connectivity index (χ4v) is 3.68. The molecule has 0 aliphatic rings. The van der Waals surface area contributed by atoms with E-state index in [4.69, 9.17) is 4.52 Å². The number of Topliss-reactive ketones (excluding diaryl/α,β-unsaturated/α-hetero) is 1. The van der Waals surface area contributed by atoms with E-state index >= 15 is 0 Å². The number of anilines is 1.